The summed E-state index contributed by atoms with van der Waals surface area (Å²) >= 11 is 0. The number of hydrogen-bond acceptors (Lipinski definition) is 6. The molecule has 0 aliphatic heterocycles. The summed E-state index contributed by atoms with van der Waals surface area (Å²) in [6.45, 7) is 4.56. The third kappa shape index (κ3) is 43.5. The molecule has 9 nitrogen and oxygen atoms in total. The number of aliphatic hydroxyl groups is 2. The van der Waals surface area contributed by atoms with E-state index in [4.69, 9.17) is 9.05 Å². The maximum Gasteiger partial charge on any atom is 0.472 e. The molecule has 10 heteroatoms. The van der Waals surface area contributed by atoms with Crippen molar-refractivity contribution in [2.75, 3.05) is 40.9 Å². The zero-order chi connectivity index (χ0) is 45.1. The van der Waals surface area contributed by atoms with Gasteiger partial charge in [0.2, 0.25) is 5.91 Å². The smallest absolute Gasteiger partial charge is 0.390 e. The summed E-state index contributed by atoms with van der Waals surface area (Å²) in [7, 11) is 1.41. The molecule has 4 atom stereocenters. The number of rotatable bonds is 45. The summed E-state index contributed by atoms with van der Waals surface area (Å²) in [5, 5.41) is 24.7. The first-order valence-electron chi connectivity index (χ1n) is 25.1. The normalized spacial score (nSPS) is 15.1. The van der Waals surface area contributed by atoms with Gasteiger partial charge in [-0.2, -0.15) is 0 Å². The highest BCUT2D eigenvalue weighted by atomic mass is 31.2. The Morgan fingerprint density at radius 1 is 0.574 bits per heavy atom. The van der Waals surface area contributed by atoms with Crippen LogP contribution in [0.1, 0.15) is 213 Å². The third-order valence-corrected chi connectivity index (χ3v) is 12.1. The molecular formula is C51H98N2O7P+. The molecule has 0 radical (unpaired) electrons. The molecule has 0 aliphatic rings. The first-order valence-corrected chi connectivity index (χ1v) is 26.6. The molecule has 1 amide bonds. The Hall–Kier alpha value is -1.58. The summed E-state index contributed by atoms with van der Waals surface area (Å²) in [6.07, 6.45) is 50.4. The molecule has 0 aromatic heterocycles. The number of phosphoric ester groups is 1. The van der Waals surface area contributed by atoms with Gasteiger partial charge in [0.25, 0.3) is 0 Å². The Morgan fingerprint density at radius 3 is 1.43 bits per heavy atom. The van der Waals surface area contributed by atoms with E-state index in [0.717, 1.165) is 57.8 Å². The third-order valence-electron chi connectivity index (χ3n) is 11.1. The van der Waals surface area contributed by atoms with E-state index < -0.39 is 32.7 Å². The minimum absolute atomic E-state index is 0.0142. The molecule has 4 unspecified atom stereocenters. The number of carbonyl (C=O) groups is 1. The van der Waals surface area contributed by atoms with Gasteiger partial charge in [0.15, 0.2) is 0 Å². The van der Waals surface area contributed by atoms with E-state index in [0.29, 0.717) is 23.9 Å². The van der Waals surface area contributed by atoms with Crippen molar-refractivity contribution >= 4 is 13.7 Å². The molecule has 0 bridgehead atoms. The van der Waals surface area contributed by atoms with Crippen LogP contribution in [0.2, 0.25) is 0 Å². The topological polar surface area (TPSA) is 125 Å². The molecule has 358 valence electrons. The van der Waals surface area contributed by atoms with Crippen LogP contribution in [0.4, 0.5) is 0 Å². The average molecular weight is 882 g/mol. The summed E-state index contributed by atoms with van der Waals surface area (Å²) in [6, 6.07) is -1.05. The Balaban J connectivity index is 4.35. The number of nitrogens with zero attached hydrogens (tertiary/aromatic N) is 1. The molecule has 0 fully saturated rings. The standard InChI is InChI=1S/C51H97N2O7P/c1-6-8-10-12-14-16-18-20-21-22-23-24-25-26-27-28-29-30-31-32-34-36-38-40-42-44-50(55)52-48(47-60-61(57,58)59-46-45-53(3,4)5)51(56)49(54)43-41-39-37-35-33-19-17-15-13-11-9-7-2/h18,20,22-23,25-26,35,37,48-49,51,54,56H,6-17,19,21,24,27-34,36,38-47H2,1-5H3,(H-,52,55,57,58)/p+1/b20-18-,23-22-,26-25-,37-35+. The highest BCUT2D eigenvalue weighted by molar-refractivity contribution is 7.47. The van der Waals surface area contributed by atoms with Gasteiger partial charge >= 0.3 is 7.82 Å². The number of likely N-dealkylation sites (N-methyl/N-ethyl adjacent to an activating group) is 1. The van der Waals surface area contributed by atoms with Gasteiger partial charge in [-0.15, -0.1) is 0 Å². The van der Waals surface area contributed by atoms with Crippen molar-refractivity contribution in [1.82, 2.24) is 5.32 Å². The van der Waals surface area contributed by atoms with E-state index in [9.17, 15) is 24.5 Å². The molecule has 0 rings (SSSR count). The van der Waals surface area contributed by atoms with Crippen molar-refractivity contribution in [2.45, 2.75) is 231 Å². The minimum atomic E-state index is -4.43. The lowest BCUT2D eigenvalue weighted by Crippen LogP contribution is -2.51. The van der Waals surface area contributed by atoms with Crippen molar-refractivity contribution < 1.29 is 38.0 Å². The molecule has 61 heavy (non-hydrogen) atoms. The molecule has 0 aliphatic carbocycles. The van der Waals surface area contributed by atoms with Crippen LogP contribution in [0.3, 0.4) is 0 Å². The monoisotopic (exact) mass is 882 g/mol. The largest absolute Gasteiger partial charge is 0.472 e. The predicted octanol–water partition coefficient (Wildman–Crippen LogP) is 13.4. The van der Waals surface area contributed by atoms with E-state index in [1.165, 1.54) is 122 Å². The molecule has 0 aromatic rings. The van der Waals surface area contributed by atoms with Gasteiger partial charge in [0.1, 0.15) is 19.3 Å². The number of unbranched alkanes of at least 4 members (excludes halogenated alkanes) is 23. The highest BCUT2D eigenvalue weighted by Crippen LogP contribution is 2.43. The zero-order valence-corrected chi connectivity index (χ0v) is 41.2. The van der Waals surface area contributed by atoms with Crippen molar-refractivity contribution in [3.63, 3.8) is 0 Å². The van der Waals surface area contributed by atoms with E-state index >= 15 is 0 Å². The Bertz CT molecular complexity index is 1150. The van der Waals surface area contributed by atoms with E-state index in [2.05, 4.69) is 67.8 Å². The fourth-order valence-electron chi connectivity index (χ4n) is 7.09. The van der Waals surface area contributed by atoms with E-state index in [-0.39, 0.29) is 18.9 Å². The number of hydrogen-bond donors (Lipinski definition) is 4. The molecular weight excluding hydrogens is 784 g/mol. The Labute approximate surface area is 376 Å². The van der Waals surface area contributed by atoms with Gasteiger partial charge < -0.3 is 24.9 Å². The number of nitrogens with one attached hydrogen (secondary N) is 1. The summed E-state index contributed by atoms with van der Waals surface area (Å²) in [5.41, 5.74) is 0. The van der Waals surface area contributed by atoms with Gasteiger partial charge in [0, 0.05) is 6.42 Å². The lowest BCUT2D eigenvalue weighted by molar-refractivity contribution is -0.870. The molecule has 0 spiro atoms. The van der Waals surface area contributed by atoms with Gasteiger partial charge in [-0.1, -0.05) is 178 Å². The predicted molar refractivity (Wildman–Crippen MR) is 260 cm³/mol. The average Bonchev–Trinajstić information content (AvgIpc) is 3.21. The summed E-state index contributed by atoms with van der Waals surface area (Å²) in [5.74, 6) is -0.273. The fourth-order valence-corrected chi connectivity index (χ4v) is 7.83. The highest BCUT2D eigenvalue weighted by Gasteiger charge is 2.31. The van der Waals surface area contributed by atoms with E-state index in [1.54, 1.807) is 0 Å². The maximum atomic E-state index is 12.9. The second-order valence-electron chi connectivity index (χ2n) is 18.3. The Kier molecular flexibility index (Phi) is 41.3. The van der Waals surface area contributed by atoms with Crippen LogP contribution in [-0.4, -0.2) is 84.6 Å². The van der Waals surface area contributed by atoms with Crippen LogP contribution >= 0.6 is 7.82 Å². The van der Waals surface area contributed by atoms with Crippen molar-refractivity contribution in [3.8, 4) is 0 Å². The van der Waals surface area contributed by atoms with Crippen LogP contribution in [-0.2, 0) is 18.4 Å². The Morgan fingerprint density at radius 2 is 0.967 bits per heavy atom. The van der Waals surface area contributed by atoms with Crippen molar-refractivity contribution in [1.29, 1.82) is 0 Å². The van der Waals surface area contributed by atoms with Crippen LogP contribution in [0.25, 0.3) is 0 Å². The number of amides is 1. The second kappa shape index (κ2) is 42.4. The maximum absolute atomic E-state index is 12.9. The van der Waals surface area contributed by atoms with Crippen molar-refractivity contribution in [2.24, 2.45) is 0 Å². The van der Waals surface area contributed by atoms with Crippen molar-refractivity contribution in [3.05, 3.63) is 48.6 Å². The van der Waals surface area contributed by atoms with Crippen LogP contribution in [0, 0.1) is 0 Å². The van der Waals surface area contributed by atoms with Gasteiger partial charge in [-0.05, 0) is 77.0 Å². The minimum Gasteiger partial charge on any atom is -0.390 e. The first kappa shape index (κ1) is 59.4. The van der Waals surface area contributed by atoms with Gasteiger partial charge in [0.05, 0.1) is 39.9 Å². The quantitative estimate of drug-likeness (QED) is 0.0208. The molecule has 0 heterocycles. The van der Waals surface area contributed by atoms with E-state index in [1.807, 2.05) is 21.1 Å². The van der Waals surface area contributed by atoms with Crippen LogP contribution < -0.4 is 5.32 Å². The number of carbonyl (C=O) groups excluding carboxylic acids is 1. The molecule has 4 N–H and O–H groups in total. The lowest BCUT2D eigenvalue weighted by atomic mass is 10.0. The SMILES string of the molecule is CCCCCCC/C=C\C/C=C\C/C=C\CCCCCCCCCCCCC(=O)NC(COP(=O)(O)OCC[N+](C)(C)C)C(O)C(O)CCC/C=C/CCCCCCCCC. The second-order valence-corrected chi connectivity index (χ2v) is 19.8. The lowest BCUT2D eigenvalue weighted by Gasteiger charge is -2.28. The number of phosphoric acid groups is 1. The fraction of sp³-hybridized carbons (Fsp3) is 0.824. The molecule has 0 aromatic carbocycles. The van der Waals surface area contributed by atoms with Crippen LogP contribution in [0.15, 0.2) is 48.6 Å². The van der Waals surface area contributed by atoms with Crippen LogP contribution in [0.5, 0.6) is 0 Å². The van der Waals surface area contributed by atoms with Gasteiger partial charge in [-0.25, -0.2) is 4.57 Å². The number of quaternary nitrogens is 1. The first-order chi connectivity index (χ1) is 29.4. The number of allylic oxidation sites excluding steroid dienone is 8. The zero-order valence-electron chi connectivity index (χ0n) is 40.3. The summed E-state index contributed by atoms with van der Waals surface area (Å²) in [4.78, 5) is 23.2. The van der Waals surface area contributed by atoms with Gasteiger partial charge in [-0.3, -0.25) is 13.8 Å². The summed E-state index contributed by atoms with van der Waals surface area (Å²) < 4.78 is 23.5. The number of aliphatic hydroxyl groups excluding tert-OH is 2. The molecule has 0 saturated heterocycles. The molecule has 0 saturated carbocycles.